The van der Waals surface area contributed by atoms with Crippen molar-refractivity contribution < 1.29 is 9.53 Å². The van der Waals surface area contributed by atoms with E-state index in [1.54, 1.807) is 0 Å². The van der Waals surface area contributed by atoms with Gasteiger partial charge in [-0.1, -0.05) is 18.2 Å². The number of benzene rings is 1. The molecule has 1 atom stereocenters. The van der Waals surface area contributed by atoms with E-state index in [-0.39, 0.29) is 11.9 Å². The third-order valence-electron chi connectivity index (χ3n) is 3.62. The summed E-state index contributed by atoms with van der Waals surface area (Å²) in [5.74, 6) is 1.12. The van der Waals surface area contributed by atoms with Crippen molar-refractivity contribution in [2.75, 3.05) is 19.7 Å². The number of carbonyl (C=O) groups excluding carboxylic acids is 1. The molecule has 4 heteroatoms. The van der Waals surface area contributed by atoms with Gasteiger partial charge in [0.25, 0.3) is 0 Å². The van der Waals surface area contributed by atoms with E-state index in [1.165, 1.54) is 11.1 Å². The van der Waals surface area contributed by atoms with E-state index in [9.17, 15) is 4.79 Å². The molecule has 1 heterocycles. The Labute approximate surface area is 120 Å². The van der Waals surface area contributed by atoms with Crippen molar-refractivity contribution in [2.45, 2.75) is 39.2 Å². The molecule has 0 saturated carbocycles. The Morgan fingerprint density at radius 1 is 1.45 bits per heavy atom. The van der Waals surface area contributed by atoms with Crippen LogP contribution in [0.2, 0.25) is 0 Å². The van der Waals surface area contributed by atoms with E-state index in [0.717, 1.165) is 25.2 Å². The molecule has 0 bridgehead atoms. The van der Waals surface area contributed by atoms with Gasteiger partial charge in [0.05, 0.1) is 6.61 Å². The molecule has 20 heavy (non-hydrogen) atoms. The third kappa shape index (κ3) is 3.73. The van der Waals surface area contributed by atoms with Crippen molar-refractivity contribution in [1.82, 2.24) is 10.6 Å². The van der Waals surface area contributed by atoms with Crippen LogP contribution in [0, 0.1) is 6.92 Å². The van der Waals surface area contributed by atoms with E-state index >= 15 is 0 Å². The molecule has 0 aromatic heterocycles. The van der Waals surface area contributed by atoms with Gasteiger partial charge in [-0.2, -0.15) is 0 Å². The van der Waals surface area contributed by atoms with Crippen molar-refractivity contribution in [3.8, 4) is 5.75 Å². The fourth-order valence-corrected chi connectivity index (χ4v) is 2.62. The number of rotatable bonds is 5. The Balaban J connectivity index is 1.98. The van der Waals surface area contributed by atoms with Crippen molar-refractivity contribution >= 4 is 5.91 Å². The number of hydrogen-bond donors (Lipinski definition) is 2. The molecular weight excluding hydrogens is 252 g/mol. The minimum atomic E-state index is 0.106. The SMILES string of the molecule is CCNC(=O)CCNC1CCCOc2c(C)cccc21. The second-order valence-electron chi connectivity index (χ2n) is 5.19. The Kier molecular flexibility index (Phi) is 5.41. The standard InChI is InChI=1S/C16H24N2O2/c1-3-17-15(19)9-10-18-14-8-5-11-20-16-12(2)6-4-7-13(14)16/h4,6-7,14,18H,3,5,8-11H2,1-2H3,(H,17,19). The molecule has 0 radical (unpaired) electrons. The molecule has 0 saturated heterocycles. The van der Waals surface area contributed by atoms with E-state index in [0.29, 0.717) is 19.5 Å². The molecule has 110 valence electrons. The molecular formula is C16H24N2O2. The van der Waals surface area contributed by atoms with Crippen molar-refractivity contribution in [3.05, 3.63) is 29.3 Å². The van der Waals surface area contributed by atoms with Gasteiger partial charge in [0.2, 0.25) is 5.91 Å². The molecule has 1 aliphatic heterocycles. The van der Waals surface area contributed by atoms with Crippen molar-refractivity contribution in [2.24, 2.45) is 0 Å². The second kappa shape index (κ2) is 7.29. The van der Waals surface area contributed by atoms with Gasteiger partial charge in [0.15, 0.2) is 0 Å². The number of fused-ring (bicyclic) bond motifs is 1. The highest BCUT2D eigenvalue weighted by molar-refractivity contribution is 5.75. The zero-order chi connectivity index (χ0) is 14.4. The first kappa shape index (κ1) is 14.9. The lowest BCUT2D eigenvalue weighted by Gasteiger charge is -2.19. The number of amides is 1. The predicted molar refractivity (Wildman–Crippen MR) is 80.0 cm³/mol. The first-order valence-electron chi connectivity index (χ1n) is 7.44. The quantitative estimate of drug-likeness (QED) is 0.868. The van der Waals surface area contributed by atoms with Gasteiger partial charge in [-0.05, 0) is 32.3 Å². The van der Waals surface area contributed by atoms with Crippen LogP contribution in [0.1, 0.15) is 43.4 Å². The zero-order valence-corrected chi connectivity index (χ0v) is 12.4. The number of ether oxygens (including phenoxy) is 1. The van der Waals surface area contributed by atoms with Crippen LogP contribution in [0.15, 0.2) is 18.2 Å². The Bertz CT molecular complexity index is 460. The number of carbonyl (C=O) groups is 1. The Morgan fingerprint density at radius 3 is 3.10 bits per heavy atom. The van der Waals surface area contributed by atoms with Crippen LogP contribution in [-0.4, -0.2) is 25.6 Å². The molecule has 0 aliphatic carbocycles. The van der Waals surface area contributed by atoms with Crippen LogP contribution in [0.5, 0.6) is 5.75 Å². The van der Waals surface area contributed by atoms with Crippen LogP contribution in [-0.2, 0) is 4.79 Å². The molecule has 1 unspecified atom stereocenters. The maximum atomic E-state index is 11.5. The molecule has 1 aliphatic rings. The monoisotopic (exact) mass is 276 g/mol. The summed E-state index contributed by atoms with van der Waals surface area (Å²) in [5, 5.41) is 6.31. The topological polar surface area (TPSA) is 50.4 Å². The van der Waals surface area contributed by atoms with Crippen LogP contribution in [0.4, 0.5) is 0 Å². The highest BCUT2D eigenvalue weighted by Crippen LogP contribution is 2.33. The molecule has 1 aromatic carbocycles. The van der Waals surface area contributed by atoms with E-state index in [2.05, 4.69) is 35.8 Å². The minimum Gasteiger partial charge on any atom is -0.493 e. The largest absolute Gasteiger partial charge is 0.493 e. The Hall–Kier alpha value is -1.55. The maximum absolute atomic E-state index is 11.5. The van der Waals surface area contributed by atoms with Crippen LogP contribution in [0.25, 0.3) is 0 Å². The zero-order valence-electron chi connectivity index (χ0n) is 12.4. The summed E-state index contributed by atoms with van der Waals surface area (Å²) in [6, 6.07) is 6.55. The molecule has 1 aromatic rings. The molecule has 2 N–H and O–H groups in total. The van der Waals surface area contributed by atoms with Gasteiger partial charge in [0, 0.05) is 31.1 Å². The van der Waals surface area contributed by atoms with Crippen LogP contribution in [0.3, 0.4) is 0 Å². The summed E-state index contributed by atoms with van der Waals surface area (Å²) >= 11 is 0. The summed E-state index contributed by atoms with van der Waals surface area (Å²) in [7, 11) is 0. The fraction of sp³-hybridized carbons (Fsp3) is 0.562. The van der Waals surface area contributed by atoms with Gasteiger partial charge >= 0.3 is 0 Å². The molecule has 2 rings (SSSR count). The predicted octanol–water partition coefficient (Wildman–Crippen LogP) is 2.32. The van der Waals surface area contributed by atoms with Gasteiger partial charge in [-0.3, -0.25) is 4.79 Å². The average molecular weight is 276 g/mol. The van der Waals surface area contributed by atoms with Crippen molar-refractivity contribution in [3.63, 3.8) is 0 Å². The lowest BCUT2D eigenvalue weighted by Crippen LogP contribution is -2.29. The first-order chi connectivity index (χ1) is 9.72. The Morgan fingerprint density at radius 2 is 2.30 bits per heavy atom. The summed E-state index contributed by atoms with van der Waals surface area (Å²) in [4.78, 5) is 11.5. The highest BCUT2D eigenvalue weighted by atomic mass is 16.5. The van der Waals surface area contributed by atoms with E-state index in [1.807, 2.05) is 6.92 Å². The minimum absolute atomic E-state index is 0.106. The second-order valence-corrected chi connectivity index (χ2v) is 5.19. The van der Waals surface area contributed by atoms with E-state index in [4.69, 9.17) is 4.74 Å². The van der Waals surface area contributed by atoms with E-state index < -0.39 is 0 Å². The smallest absolute Gasteiger partial charge is 0.221 e. The van der Waals surface area contributed by atoms with Gasteiger partial charge in [0.1, 0.15) is 5.75 Å². The van der Waals surface area contributed by atoms with Gasteiger partial charge in [-0.25, -0.2) is 0 Å². The summed E-state index contributed by atoms with van der Waals surface area (Å²) in [5.41, 5.74) is 2.40. The summed E-state index contributed by atoms with van der Waals surface area (Å²) in [6.45, 7) is 6.18. The lowest BCUT2D eigenvalue weighted by atomic mass is 10.00. The van der Waals surface area contributed by atoms with Gasteiger partial charge in [-0.15, -0.1) is 0 Å². The fourth-order valence-electron chi connectivity index (χ4n) is 2.62. The van der Waals surface area contributed by atoms with Crippen LogP contribution < -0.4 is 15.4 Å². The third-order valence-corrected chi connectivity index (χ3v) is 3.62. The van der Waals surface area contributed by atoms with Crippen molar-refractivity contribution in [1.29, 1.82) is 0 Å². The number of aryl methyl sites for hydroxylation is 1. The normalized spacial score (nSPS) is 17.8. The number of nitrogens with one attached hydrogen (secondary N) is 2. The molecule has 0 fully saturated rings. The summed E-state index contributed by atoms with van der Waals surface area (Å²) < 4.78 is 5.86. The molecule has 0 spiro atoms. The summed E-state index contributed by atoms with van der Waals surface area (Å²) in [6.07, 6.45) is 2.60. The molecule has 1 amide bonds. The number of para-hydroxylation sites is 1. The average Bonchev–Trinajstić information content (AvgIpc) is 2.63. The highest BCUT2D eigenvalue weighted by Gasteiger charge is 2.20. The number of hydrogen-bond acceptors (Lipinski definition) is 3. The lowest BCUT2D eigenvalue weighted by molar-refractivity contribution is -0.120. The first-order valence-corrected chi connectivity index (χ1v) is 7.44. The molecule has 4 nitrogen and oxygen atoms in total. The maximum Gasteiger partial charge on any atom is 0.221 e. The van der Waals surface area contributed by atoms with Crippen LogP contribution >= 0.6 is 0 Å². The van der Waals surface area contributed by atoms with Gasteiger partial charge < -0.3 is 15.4 Å².